The number of phenolic OH excluding ortho intramolecular Hbond substituents is 1. The topological polar surface area (TPSA) is 227 Å². The Bertz CT molecular complexity index is 1510. The molecular weight excluding hydrogens is 576 g/mol. The van der Waals surface area contributed by atoms with Crippen LogP contribution in [0.5, 0.6) is 23.0 Å². The molecule has 0 saturated carbocycles. The summed E-state index contributed by atoms with van der Waals surface area (Å²) in [6, 6.07) is 8.50. The number of aromatic hydroxyl groups is 1. The number of aliphatic hydroxyl groups is 6. The van der Waals surface area contributed by atoms with Gasteiger partial charge in [0.25, 0.3) is 0 Å². The van der Waals surface area contributed by atoms with E-state index in [9.17, 15) is 40.5 Å². The summed E-state index contributed by atoms with van der Waals surface area (Å²) in [6.45, 7) is -1.69. The second-order valence-corrected chi connectivity index (χ2v) is 10.2. The fraction of sp³-hybridized carbons (Fsp3) is 0.464. The summed E-state index contributed by atoms with van der Waals surface area (Å²) >= 11 is 0. The Labute approximate surface area is 243 Å². The first-order valence-corrected chi connectivity index (χ1v) is 13.1. The van der Waals surface area contributed by atoms with Gasteiger partial charge in [0, 0.05) is 23.8 Å². The Morgan fingerprint density at radius 2 is 1.72 bits per heavy atom. The van der Waals surface area contributed by atoms with Crippen molar-refractivity contribution in [3.8, 4) is 34.1 Å². The third kappa shape index (κ3) is 5.86. The summed E-state index contributed by atoms with van der Waals surface area (Å²) in [5.74, 6) is 0.190. The van der Waals surface area contributed by atoms with Crippen LogP contribution >= 0.6 is 0 Å². The lowest BCUT2D eigenvalue weighted by atomic mass is 9.98. The van der Waals surface area contributed by atoms with Crippen molar-refractivity contribution < 1.29 is 68.6 Å². The van der Waals surface area contributed by atoms with Crippen LogP contribution < -0.4 is 19.8 Å². The Hall–Kier alpha value is -3.51. The molecule has 0 unspecified atom stereocenters. The Balaban J connectivity index is 1.47. The number of aliphatic hydroxyl groups excluding tert-OH is 5. The normalized spacial score (nSPS) is 30.8. The Kier molecular flexibility index (Phi) is 8.80. The van der Waals surface area contributed by atoms with Crippen molar-refractivity contribution in [2.24, 2.45) is 0 Å². The van der Waals surface area contributed by atoms with Crippen LogP contribution in [0.25, 0.3) is 22.1 Å². The van der Waals surface area contributed by atoms with Crippen LogP contribution in [0.4, 0.5) is 0 Å². The Morgan fingerprint density at radius 1 is 0.953 bits per heavy atom. The quantitative estimate of drug-likeness (QED) is 0.142. The van der Waals surface area contributed by atoms with Gasteiger partial charge in [0.2, 0.25) is 6.29 Å². The lowest BCUT2D eigenvalue weighted by Crippen LogP contribution is -2.60. The van der Waals surface area contributed by atoms with E-state index in [1.807, 2.05) is 0 Å². The van der Waals surface area contributed by atoms with Crippen molar-refractivity contribution in [3.05, 3.63) is 46.8 Å². The van der Waals surface area contributed by atoms with Gasteiger partial charge in [0.1, 0.15) is 53.2 Å². The summed E-state index contributed by atoms with van der Waals surface area (Å²) in [6.07, 6.45) is -11.2. The molecule has 1 aromatic heterocycles. The molecule has 234 valence electrons. The molecule has 3 heterocycles. The predicted octanol–water partition coefficient (Wildman–Crippen LogP) is -1.17. The smallest absolute Gasteiger partial charge is 0.336 e. The first-order valence-electron chi connectivity index (χ1n) is 13.1. The van der Waals surface area contributed by atoms with E-state index in [1.54, 1.807) is 6.07 Å². The number of benzene rings is 2. The van der Waals surface area contributed by atoms with Crippen LogP contribution in [0, 0.1) is 0 Å². The first-order chi connectivity index (χ1) is 20.5. The molecule has 15 heteroatoms. The van der Waals surface area contributed by atoms with Gasteiger partial charge in [0.15, 0.2) is 17.8 Å². The molecule has 2 aliphatic heterocycles. The highest BCUT2D eigenvalue weighted by molar-refractivity contribution is 5.99. The molecule has 0 bridgehead atoms. The zero-order valence-corrected chi connectivity index (χ0v) is 23.0. The van der Waals surface area contributed by atoms with E-state index in [1.165, 1.54) is 44.6 Å². The lowest BCUT2D eigenvalue weighted by molar-refractivity contribution is -0.289. The molecule has 8 atom stereocenters. The first kappa shape index (κ1) is 30.9. The number of methoxy groups -OCH3 is 2. The minimum absolute atomic E-state index is 0.0155. The van der Waals surface area contributed by atoms with Gasteiger partial charge in [-0.2, -0.15) is 0 Å². The van der Waals surface area contributed by atoms with Crippen molar-refractivity contribution >= 4 is 11.0 Å². The highest BCUT2D eigenvalue weighted by atomic mass is 16.7. The number of rotatable bonds is 9. The minimum Gasteiger partial charge on any atom is -0.504 e. The number of ether oxygens (including phenoxy) is 6. The molecular formula is C28H32O15. The fourth-order valence-electron chi connectivity index (χ4n) is 4.94. The standard InChI is InChI=1S/C28H32O15/c1-37-13-6-17-21(14(8-20(31)41-17)12-3-4-16(38-2)15(30)5-12)18(7-13)42-26-24(34)23(33)22(32)19(43-26)9-39-27-25(35)28(36,10-29)11-40-27/h3-8,19,22-27,29-30,32-36H,9-11H2,1-2H3/t19-,22-,23+,24-,25+,26-,27-,28-/m1/s1. The van der Waals surface area contributed by atoms with Gasteiger partial charge in [0.05, 0.1) is 39.4 Å². The van der Waals surface area contributed by atoms with Crippen LogP contribution in [-0.2, 0) is 14.2 Å². The Morgan fingerprint density at radius 3 is 2.37 bits per heavy atom. The van der Waals surface area contributed by atoms with Gasteiger partial charge >= 0.3 is 5.63 Å². The maximum atomic E-state index is 12.5. The summed E-state index contributed by atoms with van der Waals surface area (Å²) in [7, 11) is 2.75. The second kappa shape index (κ2) is 12.2. The van der Waals surface area contributed by atoms with Gasteiger partial charge in [-0.05, 0) is 17.7 Å². The molecule has 0 radical (unpaired) electrons. The number of fused-ring (bicyclic) bond motifs is 1. The van der Waals surface area contributed by atoms with E-state index >= 15 is 0 Å². The molecule has 2 fully saturated rings. The molecule has 5 rings (SSSR count). The molecule has 7 N–H and O–H groups in total. The third-order valence-corrected chi connectivity index (χ3v) is 7.42. The lowest BCUT2D eigenvalue weighted by Gasteiger charge is -2.40. The summed E-state index contributed by atoms with van der Waals surface area (Å²) in [5.41, 5.74) is -1.97. The summed E-state index contributed by atoms with van der Waals surface area (Å²) in [4.78, 5) is 12.5. The van der Waals surface area contributed by atoms with E-state index in [4.69, 9.17) is 32.8 Å². The number of hydrogen-bond acceptors (Lipinski definition) is 15. The van der Waals surface area contributed by atoms with E-state index in [0.29, 0.717) is 5.56 Å². The van der Waals surface area contributed by atoms with Gasteiger partial charge in [-0.25, -0.2) is 4.79 Å². The van der Waals surface area contributed by atoms with Crippen molar-refractivity contribution in [2.45, 2.75) is 48.7 Å². The molecule has 2 saturated heterocycles. The minimum atomic E-state index is -1.95. The molecule has 15 nitrogen and oxygen atoms in total. The average Bonchev–Trinajstić information content (AvgIpc) is 3.29. The molecule has 3 aromatic rings. The van der Waals surface area contributed by atoms with Crippen molar-refractivity contribution in [1.29, 1.82) is 0 Å². The van der Waals surface area contributed by atoms with Crippen molar-refractivity contribution in [1.82, 2.24) is 0 Å². The highest BCUT2D eigenvalue weighted by Gasteiger charge is 2.50. The van der Waals surface area contributed by atoms with Gasteiger partial charge < -0.3 is 68.6 Å². The monoisotopic (exact) mass is 608 g/mol. The van der Waals surface area contributed by atoms with Crippen LogP contribution in [0.15, 0.2) is 45.6 Å². The van der Waals surface area contributed by atoms with E-state index in [0.717, 1.165) is 0 Å². The predicted molar refractivity (Wildman–Crippen MR) is 144 cm³/mol. The van der Waals surface area contributed by atoms with E-state index in [2.05, 4.69) is 0 Å². The van der Waals surface area contributed by atoms with Gasteiger partial charge in [-0.3, -0.25) is 0 Å². The number of hydrogen-bond donors (Lipinski definition) is 7. The van der Waals surface area contributed by atoms with E-state index in [-0.39, 0.29) is 39.5 Å². The largest absolute Gasteiger partial charge is 0.504 e. The molecule has 2 aliphatic rings. The molecule has 43 heavy (non-hydrogen) atoms. The molecule has 2 aromatic carbocycles. The zero-order chi connectivity index (χ0) is 31.1. The third-order valence-electron chi connectivity index (χ3n) is 7.42. The van der Waals surface area contributed by atoms with Crippen LogP contribution in [-0.4, -0.2) is 118 Å². The maximum Gasteiger partial charge on any atom is 0.336 e. The SMILES string of the molecule is COc1cc(O[C@@H]2O[C@H](CO[C@@H]3OC[C@](O)(CO)[C@H]3O)[C@@H](O)[C@H](O)[C@H]2O)c2c(-c3ccc(OC)c(O)c3)cc(=O)oc2c1. The van der Waals surface area contributed by atoms with Crippen LogP contribution in [0.1, 0.15) is 0 Å². The van der Waals surface area contributed by atoms with Crippen LogP contribution in [0.3, 0.4) is 0 Å². The molecule has 0 aliphatic carbocycles. The summed E-state index contributed by atoms with van der Waals surface area (Å²) in [5, 5.41) is 72.2. The van der Waals surface area contributed by atoms with Crippen molar-refractivity contribution in [3.63, 3.8) is 0 Å². The van der Waals surface area contributed by atoms with Crippen molar-refractivity contribution in [2.75, 3.05) is 34.0 Å². The second-order valence-electron chi connectivity index (χ2n) is 10.2. The highest BCUT2D eigenvalue weighted by Crippen LogP contribution is 2.41. The van der Waals surface area contributed by atoms with Gasteiger partial charge in [-0.1, -0.05) is 6.07 Å². The van der Waals surface area contributed by atoms with Crippen LogP contribution in [0.2, 0.25) is 0 Å². The zero-order valence-electron chi connectivity index (χ0n) is 23.0. The fourth-order valence-corrected chi connectivity index (χ4v) is 4.94. The van der Waals surface area contributed by atoms with Gasteiger partial charge in [-0.15, -0.1) is 0 Å². The molecule has 0 amide bonds. The maximum absolute atomic E-state index is 12.5. The molecule has 0 spiro atoms. The number of phenols is 1. The summed E-state index contributed by atoms with van der Waals surface area (Å²) < 4.78 is 38.2. The van der Waals surface area contributed by atoms with E-state index < -0.39 is 74.1 Å². The average molecular weight is 609 g/mol.